The Kier molecular flexibility index (Phi) is 3.46. The summed E-state index contributed by atoms with van der Waals surface area (Å²) in [5.41, 5.74) is 6.86. The van der Waals surface area contributed by atoms with Gasteiger partial charge < -0.3 is 15.8 Å². The number of pyridine rings is 1. The lowest BCUT2D eigenvalue weighted by molar-refractivity contribution is -0.140. The van der Waals surface area contributed by atoms with E-state index in [0.29, 0.717) is 28.9 Å². The van der Waals surface area contributed by atoms with Gasteiger partial charge in [-0.25, -0.2) is 4.39 Å². The summed E-state index contributed by atoms with van der Waals surface area (Å²) in [6.45, 7) is 2.07. The van der Waals surface area contributed by atoms with Crippen LogP contribution in [0.2, 0.25) is 0 Å². The average molecular weight is 395 g/mol. The van der Waals surface area contributed by atoms with E-state index in [-0.39, 0.29) is 34.8 Å². The van der Waals surface area contributed by atoms with E-state index in [9.17, 15) is 9.18 Å². The number of halogens is 1. The smallest absolute Gasteiger partial charge is 0.223 e. The Balaban J connectivity index is 1.07. The molecule has 0 aliphatic heterocycles. The number of nitrogens with two attached hydrogens (primary N) is 1. The van der Waals surface area contributed by atoms with Gasteiger partial charge in [0.1, 0.15) is 11.6 Å². The van der Waals surface area contributed by atoms with Crippen LogP contribution < -0.4 is 15.8 Å². The number of benzene rings is 1. The maximum absolute atomic E-state index is 13.7. The lowest BCUT2D eigenvalue weighted by atomic mass is 9.44. The van der Waals surface area contributed by atoms with Crippen LogP contribution in [0.4, 0.5) is 4.39 Å². The van der Waals surface area contributed by atoms with Crippen molar-refractivity contribution in [3.8, 4) is 5.75 Å². The van der Waals surface area contributed by atoms with E-state index in [1.807, 2.05) is 6.07 Å². The average Bonchev–Trinajstić information content (AvgIpc) is 3.14. The van der Waals surface area contributed by atoms with Crippen molar-refractivity contribution in [3.05, 3.63) is 36.3 Å². The van der Waals surface area contributed by atoms with Gasteiger partial charge in [0.25, 0.3) is 0 Å². The maximum Gasteiger partial charge on any atom is 0.223 e. The normalized spacial score (nSPS) is 39.8. The summed E-state index contributed by atoms with van der Waals surface area (Å²) < 4.78 is 19.9. The van der Waals surface area contributed by atoms with E-state index in [0.717, 1.165) is 37.6 Å². The highest BCUT2D eigenvalue weighted by molar-refractivity contribution is 5.84. The molecule has 1 amide bonds. The first-order valence-corrected chi connectivity index (χ1v) is 10.7. The van der Waals surface area contributed by atoms with Gasteiger partial charge in [0.2, 0.25) is 5.91 Å². The third-order valence-corrected chi connectivity index (χ3v) is 7.88. The molecule has 1 unspecified atom stereocenters. The first-order chi connectivity index (χ1) is 13.8. The Morgan fingerprint density at radius 3 is 2.69 bits per heavy atom. The van der Waals surface area contributed by atoms with Crippen LogP contribution in [0.25, 0.3) is 10.9 Å². The van der Waals surface area contributed by atoms with E-state index >= 15 is 0 Å². The fourth-order valence-electron chi connectivity index (χ4n) is 6.60. The molecule has 29 heavy (non-hydrogen) atoms. The number of rotatable bonds is 5. The monoisotopic (exact) mass is 395 g/mol. The molecule has 1 aromatic heterocycles. The molecule has 5 fully saturated rings. The highest BCUT2D eigenvalue weighted by Crippen LogP contribution is 2.62. The molecule has 1 aromatic carbocycles. The molecular formula is C23H26FN3O2. The number of carbonyl (C=O) groups is 1. The molecule has 3 N–H and O–H groups in total. The minimum absolute atomic E-state index is 0.00736. The van der Waals surface area contributed by atoms with E-state index < -0.39 is 0 Å². The van der Waals surface area contributed by atoms with Gasteiger partial charge in [-0.2, -0.15) is 0 Å². The SMILES string of the molecule is CC(C(=O)NC12CC(N)(C1)C2)[C@@H]1[C@@H]2C[C@@H](Oc3ccnc4ccc(F)cc34)C[C@@H]21. The highest BCUT2D eigenvalue weighted by atomic mass is 19.1. The van der Waals surface area contributed by atoms with Crippen LogP contribution in [0.3, 0.4) is 0 Å². The lowest BCUT2D eigenvalue weighted by Crippen LogP contribution is -2.82. The van der Waals surface area contributed by atoms with E-state index in [4.69, 9.17) is 10.5 Å². The number of nitrogens with one attached hydrogen (secondary N) is 1. The van der Waals surface area contributed by atoms with E-state index in [1.165, 1.54) is 12.1 Å². The third kappa shape index (κ3) is 2.68. The summed E-state index contributed by atoms with van der Waals surface area (Å²) in [4.78, 5) is 17.0. The van der Waals surface area contributed by atoms with Gasteiger partial charge in [-0.1, -0.05) is 6.92 Å². The Hall–Kier alpha value is -2.21. The number of hydrogen-bond donors (Lipinski definition) is 2. The maximum atomic E-state index is 13.7. The van der Waals surface area contributed by atoms with Crippen molar-refractivity contribution in [2.24, 2.45) is 29.4 Å². The molecule has 0 saturated heterocycles. The fourth-order valence-corrected chi connectivity index (χ4v) is 6.60. The molecule has 7 rings (SSSR count). The second kappa shape index (κ2) is 5.69. The molecule has 5 atom stereocenters. The molecule has 1 heterocycles. The summed E-state index contributed by atoms with van der Waals surface area (Å²) >= 11 is 0. The van der Waals surface area contributed by atoms with Gasteiger partial charge in [-0.3, -0.25) is 9.78 Å². The van der Waals surface area contributed by atoms with Gasteiger partial charge >= 0.3 is 0 Å². The Morgan fingerprint density at radius 2 is 2.00 bits per heavy atom. The number of fused-ring (bicyclic) bond motifs is 2. The van der Waals surface area contributed by atoms with Crippen LogP contribution in [0, 0.1) is 29.5 Å². The van der Waals surface area contributed by atoms with Crippen LogP contribution in [0.1, 0.15) is 39.0 Å². The van der Waals surface area contributed by atoms with Crippen molar-refractivity contribution in [1.29, 1.82) is 0 Å². The molecule has 5 saturated carbocycles. The minimum atomic E-state index is -0.284. The van der Waals surface area contributed by atoms with Crippen molar-refractivity contribution in [3.63, 3.8) is 0 Å². The number of ether oxygens (including phenoxy) is 1. The topological polar surface area (TPSA) is 77.2 Å². The summed E-state index contributed by atoms with van der Waals surface area (Å²) in [5.74, 6) is 2.22. The Morgan fingerprint density at radius 1 is 1.28 bits per heavy atom. The zero-order valence-corrected chi connectivity index (χ0v) is 16.5. The predicted octanol–water partition coefficient (Wildman–Crippen LogP) is 3.16. The molecular weight excluding hydrogens is 369 g/mol. The van der Waals surface area contributed by atoms with Gasteiger partial charge in [-0.05, 0) is 74.1 Å². The predicted molar refractivity (Wildman–Crippen MR) is 107 cm³/mol. The zero-order valence-electron chi connectivity index (χ0n) is 16.5. The summed E-state index contributed by atoms with van der Waals surface area (Å²) in [5, 5.41) is 3.99. The van der Waals surface area contributed by atoms with Crippen molar-refractivity contribution in [2.75, 3.05) is 0 Å². The van der Waals surface area contributed by atoms with E-state index in [2.05, 4.69) is 17.2 Å². The van der Waals surface area contributed by atoms with Crippen molar-refractivity contribution < 1.29 is 13.9 Å². The Labute approximate surface area is 169 Å². The number of nitrogens with zero attached hydrogens (tertiary/aromatic N) is 1. The van der Waals surface area contributed by atoms with Gasteiger partial charge in [0.15, 0.2) is 0 Å². The highest BCUT2D eigenvalue weighted by Gasteiger charge is 2.67. The molecule has 5 nitrogen and oxygen atoms in total. The number of amides is 1. The number of carbonyl (C=O) groups excluding carboxylic acids is 1. The molecule has 5 aliphatic carbocycles. The van der Waals surface area contributed by atoms with Crippen LogP contribution in [-0.2, 0) is 4.79 Å². The molecule has 0 spiro atoms. The molecule has 5 aliphatic rings. The fraction of sp³-hybridized carbons (Fsp3) is 0.565. The zero-order chi connectivity index (χ0) is 20.0. The first kappa shape index (κ1) is 17.6. The molecule has 152 valence electrons. The minimum Gasteiger partial charge on any atom is -0.490 e. The van der Waals surface area contributed by atoms with Crippen LogP contribution in [0.15, 0.2) is 30.5 Å². The van der Waals surface area contributed by atoms with Gasteiger partial charge in [0, 0.05) is 28.6 Å². The van der Waals surface area contributed by atoms with Crippen molar-refractivity contribution in [1.82, 2.24) is 10.3 Å². The van der Waals surface area contributed by atoms with Crippen LogP contribution >= 0.6 is 0 Å². The molecule has 2 aromatic rings. The first-order valence-electron chi connectivity index (χ1n) is 10.7. The van der Waals surface area contributed by atoms with E-state index in [1.54, 1.807) is 12.3 Å². The van der Waals surface area contributed by atoms with Crippen molar-refractivity contribution >= 4 is 16.8 Å². The molecule has 6 heteroatoms. The molecule has 0 radical (unpaired) electrons. The quantitative estimate of drug-likeness (QED) is 0.815. The third-order valence-electron chi connectivity index (χ3n) is 7.88. The summed E-state index contributed by atoms with van der Waals surface area (Å²) in [7, 11) is 0. The summed E-state index contributed by atoms with van der Waals surface area (Å²) in [6.07, 6.45) is 6.56. The second-order valence-electron chi connectivity index (χ2n) is 10.0. The van der Waals surface area contributed by atoms with Crippen molar-refractivity contribution in [2.45, 2.75) is 56.2 Å². The summed E-state index contributed by atoms with van der Waals surface area (Å²) in [6, 6.07) is 6.39. The van der Waals surface area contributed by atoms with Crippen LogP contribution in [0.5, 0.6) is 5.75 Å². The largest absolute Gasteiger partial charge is 0.490 e. The molecule has 2 bridgehead atoms. The number of hydrogen-bond acceptors (Lipinski definition) is 4. The van der Waals surface area contributed by atoms with Gasteiger partial charge in [0.05, 0.1) is 11.6 Å². The lowest BCUT2D eigenvalue weighted by Gasteiger charge is -2.69. The number of aromatic nitrogens is 1. The Bertz CT molecular complexity index is 993. The second-order valence-corrected chi connectivity index (χ2v) is 10.0. The van der Waals surface area contributed by atoms with Crippen LogP contribution in [-0.4, -0.2) is 28.1 Å². The van der Waals surface area contributed by atoms with Gasteiger partial charge in [-0.15, -0.1) is 0 Å². The standard InChI is InChI=1S/C23H26FN3O2/c1-12(21(28)27-23-9-22(25,10-23)11-23)20-15-7-14(8-16(15)20)29-19-4-5-26-18-3-2-13(24)6-17(18)19/h2-6,12,14-16,20H,7-11,25H2,1H3,(H,27,28)/t12?,14-,15-,16+,20-,22?,23?.